The molecule has 0 aromatic rings. The number of hydrogen-bond acceptors (Lipinski definition) is 6. The van der Waals surface area contributed by atoms with E-state index in [1.54, 1.807) is 0 Å². The lowest BCUT2D eigenvalue weighted by Crippen LogP contribution is -2.31. The number of aliphatic hydroxyl groups is 2. The van der Waals surface area contributed by atoms with E-state index in [0.29, 0.717) is 0 Å². The van der Waals surface area contributed by atoms with Gasteiger partial charge in [-0.05, 0) is 12.8 Å². The van der Waals surface area contributed by atoms with Crippen molar-refractivity contribution in [3.05, 3.63) is 11.5 Å². The summed E-state index contributed by atoms with van der Waals surface area (Å²) in [4.78, 5) is 11.1. The van der Waals surface area contributed by atoms with E-state index >= 15 is 0 Å². The Morgan fingerprint density at radius 2 is 2.05 bits per heavy atom. The van der Waals surface area contributed by atoms with Gasteiger partial charge in [0.1, 0.15) is 6.10 Å². The Labute approximate surface area is 112 Å². The van der Waals surface area contributed by atoms with Crippen LogP contribution in [-0.2, 0) is 19.0 Å². The van der Waals surface area contributed by atoms with Crippen molar-refractivity contribution < 1.29 is 29.2 Å². The molecule has 0 unspecified atom stereocenters. The standard InChI is InChI=1S/C13H20O6/c1-2-3-4-5-6-9-17-7-8(18-9)12-10(14)11(15)13(16)19-12/h8-9,12,14-15H,2-7H2,1H3/t8-,9+,12-/m1/s1. The molecule has 0 aromatic heterocycles. The Hall–Kier alpha value is -1.27. The molecule has 0 aromatic carbocycles. The highest BCUT2D eigenvalue weighted by molar-refractivity contribution is 5.89. The normalized spacial score (nSPS) is 31.0. The third-order valence-electron chi connectivity index (χ3n) is 3.34. The van der Waals surface area contributed by atoms with Gasteiger partial charge in [0.2, 0.25) is 5.76 Å². The Bertz CT molecular complexity index is 364. The lowest BCUT2D eigenvalue weighted by Gasteiger charge is -2.16. The van der Waals surface area contributed by atoms with Gasteiger partial charge in [0.05, 0.1) is 6.61 Å². The number of cyclic esters (lactones) is 1. The van der Waals surface area contributed by atoms with Crippen LogP contribution in [0.25, 0.3) is 0 Å². The van der Waals surface area contributed by atoms with Crippen molar-refractivity contribution in [2.45, 2.75) is 57.5 Å². The van der Waals surface area contributed by atoms with Crippen LogP contribution in [-0.4, -0.2) is 41.3 Å². The van der Waals surface area contributed by atoms with E-state index in [1.807, 2.05) is 0 Å². The van der Waals surface area contributed by atoms with Gasteiger partial charge in [-0.2, -0.15) is 0 Å². The zero-order chi connectivity index (χ0) is 13.8. The van der Waals surface area contributed by atoms with Gasteiger partial charge in [0, 0.05) is 0 Å². The van der Waals surface area contributed by atoms with Crippen LogP contribution in [0, 0.1) is 0 Å². The summed E-state index contributed by atoms with van der Waals surface area (Å²) in [6.07, 6.45) is 3.47. The highest BCUT2D eigenvalue weighted by Gasteiger charge is 2.44. The van der Waals surface area contributed by atoms with Crippen molar-refractivity contribution in [2.24, 2.45) is 0 Å². The van der Waals surface area contributed by atoms with Crippen molar-refractivity contribution in [2.75, 3.05) is 6.61 Å². The van der Waals surface area contributed by atoms with E-state index in [-0.39, 0.29) is 12.9 Å². The zero-order valence-electron chi connectivity index (χ0n) is 11.0. The van der Waals surface area contributed by atoms with Crippen LogP contribution in [0.4, 0.5) is 0 Å². The van der Waals surface area contributed by atoms with E-state index in [2.05, 4.69) is 6.92 Å². The van der Waals surface area contributed by atoms with Gasteiger partial charge in [-0.15, -0.1) is 0 Å². The van der Waals surface area contributed by atoms with Crippen LogP contribution < -0.4 is 0 Å². The third kappa shape index (κ3) is 3.19. The van der Waals surface area contributed by atoms with Gasteiger partial charge in [-0.3, -0.25) is 0 Å². The minimum Gasteiger partial charge on any atom is -0.505 e. The number of rotatable bonds is 6. The molecule has 0 bridgehead atoms. The van der Waals surface area contributed by atoms with E-state index in [1.165, 1.54) is 12.8 Å². The maximum atomic E-state index is 11.1. The molecular weight excluding hydrogens is 252 g/mol. The maximum Gasteiger partial charge on any atom is 0.377 e. The average molecular weight is 272 g/mol. The molecule has 1 saturated heterocycles. The summed E-state index contributed by atoms with van der Waals surface area (Å²) in [5.74, 6) is -2.12. The van der Waals surface area contributed by atoms with Crippen molar-refractivity contribution in [1.82, 2.24) is 0 Å². The van der Waals surface area contributed by atoms with E-state index in [9.17, 15) is 15.0 Å². The minimum atomic E-state index is -0.951. The van der Waals surface area contributed by atoms with Gasteiger partial charge >= 0.3 is 5.97 Å². The van der Waals surface area contributed by atoms with Crippen LogP contribution in [0.1, 0.15) is 39.0 Å². The summed E-state index contributed by atoms with van der Waals surface area (Å²) in [7, 11) is 0. The summed E-state index contributed by atoms with van der Waals surface area (Å²) >= 11 is 0. The van der Waals surface area contributed by atoms with Crippen molar-refractivity contribution in [3.8, 4) is 0 Å². The molecular formula is C13H20O6. The fraction of sp³-hybridized carbons (Fsp3) is 0.769. The van der Waals surface area contributed by atoms with Crippen LogP contribution in [0.5, 0.6) is 0 Å². The minimum absolute atomic E-state index is 0.244. The second-order valence-corrected chi connectivity index (χ2v) is 4.85. The van der Waals surface area contributed by atoms with Gasteiger partial charge in [-0.25, -0.2) is 4.79 Å². The van der Waals surface area contributed by atoms with Gasteiger partial charge < -0.3 is 24.4 Å². The summed E-state index contributed by atoms with van der Waals surface area (Å²) < 4.78 is 15.9. The topological polar surface area (TPSA) is 85.2 Å². The number of hydrogen-bond donors (Lipinski definition) is 2. The number of ether oxygens (including phenoxy) is 3. The van der Waals surface area contributed by atoms with E-state index in [4.69, 9.17) is 14.2 Å². The predicted molar refractivity (Wildman–Crippen MR) is 65.5 cm³/mol. The van der Waals surface area contributed by atoms with Crippen LogP contribution in [0.3, 0.4) is 0 Å². The highest BCUT2D eigenvalue weighted by atomic mass is 16.7. The number of esters is 1. The fourth-order valence-corrected chi connectivity index (χ4v) is 2.24. The lowest BCUT2D eigenvalue weighted by molar-refractivity contribution is -0.149. The monoisotopic (exact) mass is 272 g/mol. The van der Waals surface area contributed by atoms with E-state index in [0.717, 1.165) is 19.3 Å². The SMILES string of the molecule is CCCCCC[C@H]1OC[C@H]([C@H]2OC(=O)C(O)=C2O)O1. The zero-order valence-corrected chi connectivity index (χ0v) is 11.0. The van der Waals surface area contributed by atoms with Gasteiger partial charge in [0.25, 0.3) is 0 Å². The van der Waals surface area contributed by atoms with Crippen molar-refractivity contribution >= 4 is 5.97 Å². The largest absolute Gasteiger partial charge is 0.505 e. The molecule has 0 radical (unpaired) electrons. The Morgan fingerprint density at radius 3 is 2.68 bits per heavy atom. The quantitative estimate of drug-likeness (QED) is 0.568. The molecule has 2 aliphatic heterocycles. The highest BCUT2D eigenvalue weighted by Crippen LogP contribution is 2.28. The molecule has 2 heterocycles. The summed E-state index contributed by atoms with van der Waals surface area (Å²) in [6, 6.07) is 0. The average Bonchev–Trinajstić information content (AvgIpc) is 2.96. The Kier molecular flexibility index (Phi) is 4.66. The Morgan fingerprint density at radius 1 is 1.26 bits per heavy atom. The van der Waals surface area contributed by atoms with E-state index < -0.39 is 29.7 Å². The molecule has 6 nitrogen and oxygen atoms in total. The van der Waals surface area contributed by atoms with Crippen LogP contribution in [0.2, 0.25) is 0 Å². The molecule has 3 atom stereocenters. The molecule has 0 aliphatic carbocycles. The second kappa shape index (κ2) is 6.25. The summed E-state index contributed by atoms with van der Waals surface area (Å²) in [6.45, 7) is 2.39. The second-order valence-electron chi connectivity index (χ2n) is 4.85. The lowest BCUT2D eigenvalue weighted by atomic mass is 10.1. The first-order chi connectivity index (χ1) is 9.13. The number of aliphatic hydroxyl groups excluding tert-OH is 2. The Balaban J connectivity index is 1.78. The van der Waals surface area contributed by atoms with Crippen molar-refractivity contribution in [3.63, 3.8) is 0 Å². The van der Waals surface area contributed by atoms with Crippen LogP contribution in [0.15, 0.2) is 11.5 Å². The molecule has 0 spiro atoms. The van der Waals surface area contributed by atoms with Gasteiger partial charge in [0.15, 0.2) is 18.2 Å². The molecule has 19 heavy (non-hydrogen) atoms. The first-order valence-electron chi connectivity index (χ1n) is 6.73. The molecule has 0 amide bonds. The number of carbonyl (C=O) groups excluding carboxylic acids is 1. The van der Waals surface area contributed by atoms with Gasteiger partial charge in [-0.1, -0.05) is 26.2 Å². The summed E-state index contributed by atoms with van der Waals surface area (Å²) in [5, 5.41) is 18.8. The molecule has 0 saturated carbocycles. The molecule has 2 aliphatic rings. The predicted octanol–water partition coefficient (Wildman–Crippen LogP) is 1.95. The summed E-state index contributed by atoms with van der Waals surface area (Å²) in [5.41, 5.74) is 0. The van der Waals surface area contributed by atoms with Crippen LogP contribution >= 0.6 is 0 Å². The third-order valence-corrected chi connectivity index (χ3v) is 3.34. The maximum absolute atomic E-state index is 11.1. The first kappa shape index (κ1) is 14.1. The number of unbranched alkanes of at least 4 members (excludes halogenated alkanes) is 3. The molecule has 1 fully saturated rings. The smallest absolute Gasteiger partial charge is 0.377 e. The first-order valence-corrected chi connectivity index (χ1v) is 6.73. The molecule has 6 heteroatoms. The fourth-order valence-electron chi connectivity index (χ4n) is 2.24. The molecule has 108 valence electrons. The number of carbonyl (C=O) groups is 1. The molecule has 2 N–H and O–H groups in total. The molecule has 2 rings (SSSR count). The van der Waals surface area contributed by atoms with Crippen molar-refractivity contribution in [1.29, 1.82) is 0 Å².